The smallest absolute Gasteiger partial charge is 0.407 e. The van der Waals surface area contributed by atoms with Crippen molar-refractivity contribution >= 4 is 12.0 Å². The van der Waals surface area contributed by atoms with Crippen LogP contribution >= 0.6 is 0 Å². The predicted molar refractivity (Wildman–Crippen MR) is 165 cm³/mol. The number of aliphatic hydroxyl groups excluding tert-OH is 3. The molecule has 0 bridgehead atoms. The lowest BCUT2D eigenvalue weighted by molar-refractivity contribution is -0.361. The number of alkyl carbamates (subject to hydrolysis) is 1. The first-order chi connectivity index (χ1) is 22.2. The SMILES string of the molecule is CCC[C@H](O)C(=O)N[C@@H]1C[C@H](NC(=O)OCc2ccccc2)[C@@H](O[C@H]2O[C@@H]3COC(c4ccccc4)O[C@H]3[C@H](O)[C@H]2C)[C@H](C)[C@H]1O. The molecule has 2 aliphatic heterocycles. The third-order valence-corrected chi connectivity index (χ3v) is 9.12. The van der Waals surface area contributed by atoms with Gasteiger partial charge in [-0.25, -0.2) is 4.79 Å². The van der Waals surface area contributed by atoms with Gasteiger partial charge < -0.3 is 49.6 Å². The van der Waals surface area contributed by atoms with E-state index in [0.717, 1.165) is 11.1 Å². The predicted octanol–water partition coefficient (Wildman–Crippen LogP) is 2.55. The van der Waals surface area contributed by atoms with Crippen LogP contribution in [0.1, 0.15) is 57.5 Å². The van der Waals surface area contributed by atoms with Gasteiger partial charge in [0.25, 0.3) is 0 Å². The third kappa shape index (κ3) is 8.06. The Balaban J connectivity index is 1.28. The lowest BCUT2D eigenvalue weighted by Gasteiger charge is -2.50. The van der Waals surface area contributed by atoms with Crippen molar-refractivity contribution in [3.63, 3.8) is 0 Å². The highest BCUT2D eigenvalue weighted by Gasteiger charge is 2.51. The van der Waals surface area contributed by atoms with E-state index in [1.54, 1.807) is 13.8 Å². The molecule has 2 aromatic rings. The molecular formula is C34H46N2O10. The van der Waals surface area contributed by atoms with Crippen molar-refractivity contribution in [3.05, 3.63) is 71.8 Å². The monoisotopic (exact) mass is 642 g/mol. The summed E-state index contributed by atoms with van der Waals surface area (Å²) >= 11 is 0. The minimum Gasteiger partial charge on any atom is -0.445 e. The number of rotatable bonds is 10. The largest absolute Gasteiger partial charge is 0.445 e. The molecular weight excluding hydrogens is 596 g/mol. The molecule has 5 N–H and O–H groups in total. The Morgan fingerprint density at radius 2 is 1.63 bits per heavy atom. The number of hydrogen-bond donors (Lipinski definition) is 5. The maximum atomic E-state index is 13.0. The molecule has 12 atom stereocenters. The first kappa shape index (κ1) is 34.2. The number of benzene rings is 2. The summed E-state index contributed by atoms with van der Waals surface area (Å²) in [5, 5.41) is 38.5. The van der Waals surface area contributed by atoms with Crippen molar-refractivity contribution in [2.45, 2.75) is 108 Å². The Morgan fingerprint density at radius 1 is 0.935 bits per heavy atom. The molecule has 46 heavy (non-hydrogen) atoms. The summed E-state index contributed by atoms with van der Waals surface area (Å²) in [7, 11) is 0. The van der Waals surface area contributed by atoms with E-state index in [2.05, 4.69) is 10.6 Å². The fraction of sp³-hybridized carbons (Fsp3) is 0.588. The second kappa shape index (κ2) is 15.7. The van der Waals surface area contributed by atoms with Crippen LogP contribution in [-0.2, 0) is 35.1 Å². The Labute approximate surface area is 269 Å². The summed E-state index contributed by atoms with van der Waals surface area (Å²) < 4.78 is 30.3. The topological polar surface area (TPSA) is 165 Å². The molecule has 12 nitrogen and oxygen atoms in total. The molecule has 0 spiro atoms. The van der Waals surface area contributed by atoms with E-state index >= 15 is 0 Å². The maximum Gasteiger partial charge on any atom is 0.407 e. The number of carbonyl (C=O) groups is 2. The van der Waals surface area contributed by atoms with Crippen molar-refractivity contribution < 1.29 is 48.6 Å². The molecule has 2 amide bonds. The lowest BCUT2D eigenvalue weighted by atomic mass is 9.78. The number of aliphatic hydroxyl groups is 3. The van der Waals surface area contributed by atoms with Gasteiger partial charge in [0.2, 0.25) is 5.91 Å². The molecule has 3 aliphatic rings. The van der Waals surface area contributed by atoms with Gasteiger partial charge in [0, 0.05) is 17.4 Å². The molecule has 252 valence electrons. The Kier molecular flexibility index (Phi) is 11.7. The first-order valence-corrected chi connectivity index (χ1v) is 16.1. The van der Waals surface area contributed by atoms with Crippen LogP contribution < -0.4 is 10.6 Å². The minimum absolute atomic E-state index is 0.0501. The first-order valence-electron chi connectivity index (χ1n) is 16.1. The number of fused-ring (bicyclic) bond motifs is 1. The molecule has 0 radical (unpaired) electrons. The van der Waals surface area contributed by atoms with E-state index in [1.807, 2.05) is 67.6 Å². The summed E-state index contributed by atoms with van der Waals surface area (Å²) in [6.07, 6.45) is -6.54. The Hall–Kier alpha value is -3.10. The highest BCUT2D eigenvalue weighted by molar-refractivity contribution is 5.80. The minimum atomic E-state index is -1.21. The third-order valence-electron chi connectivity index (χ3n) is 9.12. The van der Waals surface area contributed by atoms with Crippen LogP contribution in [0.5, 0.6) is 0 Å². The zero-order valence-electron chi connectivity index (χ0n) is 26.4. The highest BCUT2D eigenvalue weighted by atomic mass is 16.7. The molecule has 1 saturated carbocycles. The average Bonchev–Trinajstić information content (AvgIpc) is 3.07. The zero-order valence-corrected chi connectivity index (χ0v) is 26.4. The van der Waals surface area contributed by atoms with Gasteiger partial charge in [-0.05, 0) is 18.4 Å². The van der Waals surface area contributed by atoms with E-state index in [4.69, 9.17) is 23.7 Å². The van der Waals surface area contributed by atoms with Gasteiger partial charge in [-0.2, -0.15) is 0 Å². The van der Waals surface area contributed by atoms with E-state index in [1.165, 1.54) is 0 Å². The van der Waals surface area contributed by atoms with Gasteiger partial charge >= 0.3 is 6.09 Å². The second-order valence-electron chi connectivity index (χ2n) is 12.5. The summed E-state index contributed by atoms with van der Waals surface area (Å²) in [5.74, 6) is -1.73. The van der Waals surface area contributed by atoms with Crippen LogP contribution in [0.2, 0.25) is 0 Å². The van der Waals surface area contributed by atoms with E-state index in [9.17, 15) is 24.9 Å². The van der Waals surface area contributed by atoms with Crippen LogP contribution in [0.15, 0.2) is 60.7 Å². The molecule has 5 rings (SSSR count). The molecule has 1 unspecified atom stereocenters. The number of hydrogen-bond acceptors (Lipinski definition) is 10. The number of carbonyl (C=O) groups excluding carboxylic acids is 2. The quantitative estimate of drug-likeness (QED) is 0.260. The second-order valence-corrected chi connectivity index (χ2v) is 12.5. The van der Waals surface area contributed by atoms with E-state index < -0.39 is 85.1 Å². The van der Waals surface area contributed by atoms with E-state index in [-0.39, 0.29) is 26.1 Å². The van der Waals surface area contributed by atoms with Crippen molar-refractivity contribution in [1.29, 1.82) is 0 Å². The molecule has 12 heteroatoms. The fourth-order valence-corrected chi connectivity index (χ4v) is 6.39. The summed E-state index contributed by atoms with van der Waals surface area (Å²) in [5.41, 5.74) is 1.65. The number of ether oxygens (including phenoxy) is 5. The van der Waals surface area contributed by atoms with Crippen LogP contribution in [0, 0.1) is 11.8 Å². The van der Waals surface area contributed by atoms with Crippen LogP contribution in [0.3, 0.4) is 0 Å². The van der Waals surface area contributed by atoms with Crippen molar-refractivity contribution in [1.82, 2.24) is 10.6 Å². The normalized spacial score (nSPS) is 35.0. The van der Waals surface area contributed by atoms with Crippen LogP contribution in [0.4, 0.5) is 4.79 Å². The van der Waals surface area contributed by atoms with Crippen LogP contribution in [-0.4, -0.2) is 88.9 Å². The summed E-state index contributed by atoms with van der Waals surface area (Å²) in [6, 6.07) is 17.2. The average molecular weight is 643 g/mol. The van der Waals surface area contributed by atoms with Crippen molar-refractivity contribution in [2.75, 3.05) is 6.61 Å². The van der Waals surface area contributed by atoms with Crippen LogP contribution in [0.25, 0.3) is 0 Å². The standard InChI is InChI=1S/C34H46N2O10/c1-4-11-25(37)31(40)35-23-16-24(36-34(41)43-17-21-12-7-5-8-13-21)29(19(2)27(23)38)45-32-20(3)28(39)30-26(44-32)18-42-33(46-30)22-14-9-6-10-15-22/h5-10,12-15,19-20,23-30,32-33,37-39H,4,11,16-18H2,1-3H3,(H,35,40)(H,36,41)/t19-,20-,23-,24+,25+,26-,27-,28-,29+,30-,32-,33?/m1/s1. The number of amides is 2. The van der Waals surface area contributed by atoms with Gasteiger partial charge in [0.15, 0.2) is 12.6 Å². The molecule has 0 aromatic heterocycles. The summed E-state index contributed by atoms with van der Waals surface area (Å²) in [4.78, 5) is 25.7. The van der Waals surface area contributed by atoms with E-state index in [0.29, 0.717) is 6.42 Å². The van der Waals surface area contributed by atoms with Gasteiger partial charge in [0.1, 0.15) is 24.9 Å². The Morgan fingerprint density at radius 3 is 2.33 bits per heavy atom. The summed E-state index contributed by atoms with van der Waals surface area (Å²) in [6.45, 7) is 5.62. The molecule has 2 aromatic carbocycles. The molecule has 1 aliphatic carbocycles. The van der Waals surface area contributed by atoms with Gasteiger partial charge in [-0.15, -0.1) is 0 Å². The lowest BCUT2D eigenvalue weighted by Crippen LogP contribution is -2.65. The van der Waals surface area contributed by atoms with Gasteiger partial charge in [-0.1, -0.05) is 87.9 Å². The molecule has 2 heterocycles. The zero-order chi connectivity index (χ0) is 32.8. The maximum absolute atomic E-state index is 13.0. The van der Waals surface area contributed by atoms with Gasteiger partial charge in [-0.3, -0.25) is 4.79 Å². The molecule has 3 fully saturated rings. The van der Waals surface area contributed by atoms with Crippen molar-refractivity contribution in [2.24, 2.45) is 11.8 Å². The fourth-order valence-electron chi connectivity index (χ4n) is 6.39. The Bertz CT molecular complexity index is 1270. The van der Waals surface area contributed by atoms with Crippen molar-refractivity contribution in [3.8, 4) is 0 Å². The van der Waals surface area contributed by atoms with Gasteiger partial charge in [0.05, 0.1) is 37.0 Å². The highest BCUT2D eigenvalue weighted by Crippen LogP contribution is 2.38. The molecule has 2 saturated heterocycles. The number of nitrogens with one attached hydrogen (secondary N) is 2.